The normalized spacial score (nSPS) is 40.4. The largest absolute Gasteiger partial charge is 0.505 e. The van der Waals surface area contributed by atoms with Crippen molar-refractivity contribution in [3.8, 4) is 0 Å². The Balaban J connectivity index is 1.76. The van der Waals surface area contributed by atoms with Gasteiger partial charge >= 0.3 is 5.97 Å². The molecule has 8 heteroatoms. The van der Waals surface area contributed by atoms with Crippen LogP contribution >= 0.6 is 0 Å². The predicted molar refractivity (Wildman–Crippen MR) is 148 cm³/mol. The number of rotatable bonds is 5. The first-order chi connectivity index (χ1) is 18.1. The molecule has 0 aliphatic heterocycles. The molecule has 2 fully saturated rings. The third-order valence-corrected chi connectivity index (χ3v) is 11.2. The summed E-state index contributed by atoms with van der Waals surface area (Å²) in [5.74, 6) is -3.61. The molecule has 220 valence electrons. The zero-order valence-corrected chi connectivity index (χ0v) is 25.1. The SMILES string of the molecule is CC(=O)OC(C)(C)/C=C\C(=O)[C@](C)(O)[C@@H]1[C@H](O)C[C@]2(C)[C@@H]3CC=C4[C@H](C=C(O)C(=O)C4(C)C)[C@]3(C)C(=O)C[C@@]12C. The lowest BCUT2D eigenvalue weighted by molar-refractivity contribution is -0.179. The topological polar surface area (TPSA) is 138 Å². The van der Waals surface area contributed by atoms with Gasteiger partial charge in [-0.25, -0.2) is 0 Å². The number of carbonyl (C=O) groups excluding carboxylic acids is 4. The Morgan fingerprint density at radius 3 is 2.25 bits per heavy atom. The van der Waals surface area contributed by atoms with Gasteiger partial charge in [-0.05, 0) is 82.4 Å². The molecule has 0 aromatic heterocycles. The quantitative estimate of drug-likeness (QED) is 0.260. The lowest BCUT2D eigenvalue weighted by Crippen LogP contribution is -2.64. The Bertz CT molecular complexity index is 1270. The highest BCUT2D eigenvalue weighted by Crippen LogP contribution is 2.73. The smallest absolute Gasteiger partial charge is 0.303 e. The van der Waals surface area contributed by atoms with E-state index in [0.717, 1.165) is 5.57 Å². The van der Waals surface area contributed by atoms with Crippen LogP contribution in [0.3, 0.4) is 0 Å². The van der Waals surface area contributed by atoms with Crippen molar-refractivity contribution in [2.75, 3.05) is 0 Å². The van der Waals surface area contributed by atoms with E-state index in [1.807, 2.05) is 26.8 Å². The summed E-state index contributed by atoms with van der Waals surface area (Å²) >= 11 is 0. The van der Waals surface area contributed by atoms with Crippen LogP contribution in [0.5, 0.6) is 0 Å². The van der Waals surface area contributed by atoms with Gasteiger partial charge in [-0.15, -0.1) is 0 Å². The molecule has 0 aromatic rings. The lowest BCUT2D eigenvalue weighted by Gasteiger charge is -2.63. The molecule has 4 rings (SSSR count). The molecule has 2 saturated carbocycles. The number of fused-ring (bicyclic) bond motifs is 5. The van der Waals surface area contributed by atoms with Crippen molar-refractivity contribution in [1.82, 2.24) is 0 Å². The molecule has 0 heterocycles. The number of aliphatic hydroxyl groups is 3. The molecule has 40 heavy (non-hydrogen) atoms. The van der Waals surface area contributed by atoms with Crippen LogP contribution in [0.1, 0.15) is 81.6 Å². The average Bonchev–Trinajstić information content (AvgIpc) is 3.01. The van der Waals surface area contributed by atoms with Crippen LogP contribution in [0.15, 0.2) is 35.6 Å². The number of ether oxygens (including phenoxy) is 1. The summed E-state index contributed by atoms with van der Waals surface area (Å²) in [6, 6.07) is 0. The van der Waals surface area contributed by atoms with Crippen LogP contribution in [0.25, 0.3) is 0 Å². The number of hydrogen-bond acceptors (Lipinski definition) is 8. The van der Waals surface area contributed by atoms with E-state index in [0.29, 0.717) is 6.42 Å². The molecular formula is C32H44O8. The summed E-state index contributed by atoms with van der Waals surface area (Å²) in [5, 5.41) is 33.8. The van der Waals surface area contributed by atoms with Crippen LogP contribution in [0.4, 0.5) is 0 Å². The molecule has 0 amide bonds. The highest BCUT2D eigenvalue weighted by atomic mass is 16.6. The summed E-state index contributed by atoms with van der Waals surface area (Å²) in [7, 11) is 0. The molecule has 8 atom stereocenters. The van der Waals surface area contributed by atoms with Crippen molar-refractivity contribution in [3.05, 3.63) is 35.6 Å². The van der Waals surface area contributed by atoms with E-state index in [1.54, 1.807) is 27.7 Å². The van der Waals surface area contributed by atoms with Gasteiger partial charge in [0.25, 0.3) is 0 Å². The fourth-order valence-electron chi connectivity index (χ4n) is 8.98. The molecule has 4 aliphatic rings. The van der Waals surface area contributed by atoms with E-state index in [4.69, 9.17) is 4.74 Å². The highest BCUT2D eigenvalue weighted by Gasteiger charge is 2.74. The number of esters is 1. The van der Waals surface area contributed by atoms with Gasteiger partial charge in [-0.2, -0.15) is 0 Å². The van der Waals surface area contributed by atoms with Gasteiger partial charge in [0.2, 0.25) is 5.78 Å². The number of ketones is 3. The Morgan fingerprint density at radius 2 is 1.68 bits per heavy atom. The monoisotopic (exact) mass is 556 g/mol. The minimum Gasteiger partial charge on any atom is -0.505 e. The molecule has 0 bridgehead atoms. The van der Waals surface area contributed by atoms with Crippen molar-refractivity contribution < 1.29 is 39.2 Å². The highest BCUT2D eigenvalue weighted by molar-refractivity contribution is 6.02. The number of carbonyl (C=O) groups is 4. The molecule has 0 saturated heterocycles. The Labute approximate surface area is 236 Å². The fraction of sp³-hybridized carbons (Fsp3) is 0.688. The second kappa shape index (κ2) is 8.96. The van der Waals surface area contributed by atoms with Crippen LogP contribution < -0.4 is 0 Å². The van der Waals surface area contributed by atoms with E-state index < -0.39 is 62.6 Å². The first-order valence-electron chi connectivity index (χ1n) is 14.1. The summed E-state index contributed by atoms with van der Waals surface area (Å²) < 4.78 is 5.22. The molecule has 0 radical (unpaired) electrons. The van der Waals surface area contributed by atoms with E-state index in [9.17, 15) is 34.5 Å². The van der Waals surface area contributed by atoms with Gasteiger partial charge in [0, 0.05) is 30.6 Å². The van der Waals surface area contributed by atoms with Crippen molar-refractivity contribution in [1.29, 1.82) is 0 Å². The summed E-state index contributed by atoms with van der Waals surface area (Å²) in [6.45, 7) is 15.3. The van der Waals surface area contributed by atoms with Gasteiger partial charge in [0.05, 0.1) is 11.5 Å². The van der Waals surface area contributed by atoms with Crippen molar-refractivity contribution >= 4 is 23.3 Å². The minimum absolute atomic E-state index is 0.0249. The third-order valence-electron chi connectivity index (χ3n) is 11.2. The van der Waals surface area contributed by atoms with Crippen LogP contribution in [-0.2, 0) is 23.9 Å². The van der Waals surface area contributed by atoms with E-state index >= 15 is 0 Å². The number of aliphatic hydroxyl groups excluding tert-OH is 2. The van der Waals surface area contributed by atoms with Crippen LogP contribution in [0.2, 0.25) is 0 Å². The van der Waals surface area contributed by atoms with E-state index in [2.05, 4.69) is 0 Å². The third kappa shape index (κ3) is 4.00. The Kier molecular flexibility index (Phi) is 6.80. The van der Waals surface area contributed by atoms with Crippen LogP contribution in [0, 0.1) is 39.4 Å². The first kappa shape index (κ1) is 30.4. The summed E-state index contributed by atoms with van der Waals surface area (Å²) in [4.78, 5) is 52.0. The molecule has 0 spiro atoms. The van der Waals surface area contributed by atoms with Gasteiger partial charge < -0.3 is 20.1 Å². The maximum absolute atomic E-state index is 14.3. The first-order valence-corrected chi connectivity index (χ1v) is 14.1. The van der Waals surface area contributed by atoms with Gasteiger partial charge in [-0.3, -0.25) is 19.2 Å². The second-order valence-electron chi connectivity index (χ2n) is 14.4. The van der Waals surface area contributed by atoms with Gasteiger partial charge in [-0.1, -0.05) is 32.4 Å². The summed E-state index contributed by atoms with van der Waals surface area (Å²) in [5.41, 5.74) is -5.72. The molecule has 3 N–H and O–H groups in total. The molecule has 8 nitrogen and oxygen atoms in total. The van der Waals surface area contributed by atoms with Crippen molar-refractivity contribution in [2.24, 2.45) is 39.4 Å². The maximum atomic E-state index is 14.3. The number of allylic oxidation sites excluding steroid dienone is 4. The standard InChI is InChI=1S/C32H44O8/c1-17(33)40-27(2,3)13-12-23(36)32(9,39)25-21(35)15-29(6)22-11-10-18-19(14-20(34)26(38)28(18,4)5)31(22,8)24(37)16-30(25,29)7/h10,12-14,19,21-22,25,34-35,39H,11,15-16H2,1-9H3/b13-12-/t19-,21+,22-,25+,29+,30-,31-,32-/m0/s1. The average molecular weight is 557 g/mol. The van der Waals surface area contributed by atoms with Gasteiger partial charge in [0.15, 0.2) is 11.5 Å². The van der Waals surface area contributed by atoms with E-state index in [1.165, 1.54) is 32.1 Å². The number of hydrogen-bond donors (Lipinski definition) is 3. The molecular weight excluding hydrogens is 512 g/mol. The van der Waals surface area contributed by atoms with Crippen molar-refractivity contribution in [3.63, 3.8) is 0 Å². The van der Waals surface area contributed by atoms with E-state index in [-0.39, 0.29) is 36.1 Å². The number of Topliss-reactive ketones (excluding diaryl/α,β-unsaturated/α-hetero) is 2. The molecule has 0 aromatic carbocycles. The zero-order valence-electron chi connectivity index (χ0n) is 25.1. The Morgan fingerprint density at radius 1 is 1.07 bits per heavy atom. The molecule has 0 unspecified atom stereocenters. The maximum Gasteiger partial charge on any atom is 0.303 e. The minimum atomic E-state index is -2.00. The van der Waals surface area contributed by atoms with Gasteiger partial charge in [0.1, 0.15) is 17.0 Å². The summed E-state index contributed by atoms with van der Waals surface area (Å²) in [6.07, 6.45) is 5.89. The fourth-order valence-corrected chi connectivity index (χ4v) is 8.98. The lowest BCUT2D eigenvalue weighted by atomic mass is 9.39. The van der Waals surface area contributed by atoms with Crippen LogP contribution in [-0.4, -0.2) is 55.9 Å². The Hall–Kier alpha value is -2.58. The molecule has 4 aliphatic carbocycles. The second-order valence-corrected chi connectivity index (χ2v) is 14.4. The predicted octanol–water partition coefficient (Wildman–Crippen LogP) is 4.19. The zero-order chi connectivity index (χ0) is 30.4. The van der Waals surface area contributed by atoms with Crippen molar-refractivity contribution in [2.45, 2.75) is 98.9 Å².